The highest BCUT2D eigenvalue weighted by molar-refractivity contribution is 6.02. The van der Waals surface area contributed by atoms with Gasteiger partial charge in [-0.3, -0.25) is 0 Å². The van der Waals surface area contributed by atoms with Crippen LogP contribution in [0.1, 0.15) is 54.8 Å². The van der Waals surface area contributed by atoms with Crippen LogP contribution in [-0.2, 0) is 4.74 Å². The summed E-state index contributed by atoms with van der Waals surface area (Å²) < 4.78 is 5.44. The average molecular weight is 264 g/mol. The van der Waals surface area contributed by atoms with E-state index in [4.69, 9.17) is 9.84 Å². The van der Waals surface area contributed by atoms with Crippen LogP contribution < -0.4 is 0 Å². The highest BCUT2D eigenvalue weighted by Gasteiger charge is 2.28. The fourth-order valence-electron chi connectivity index (χ4n) is 1.91. The van der Waals surface area contributed by atoms with Crippen LogP contribution in [0, 0.1) is 5.41 Å². The van der Waals surface area contributed by atoms with Crippen LogP contribution in [0.5, 0.6) is 0 Å². The summed E-state index contributed by atoms with van der Waals surface area (Å²) >= 11 is 0. The zero-order valence-electron chi connectivity index (χ0n) is 11.8. The SMILES string of the molecule is CC[C@@H](OC(=O)c1ccccc1C(=O)O)C(C)(C)C. The molecule has 1 aromatic rings. The molecule has 19 heavy (non-hydrogen) atoms. The van der Waals surface area contributed by atoms with E-state index >= 15 is 0 Å². The van der Waals surface area contributed by atoms with Crippen molar-refractivity contribution in [3.05, 3.63) is 35.4 Å². The summed E-state index contributed by atoms with van der Waals surface area (Å²) in [5.41, 5.74) is -0.114. The molecule has 4 heteroatoms. The first-order valence-corrected chi connectivity index (χ1v) is 6.30. The number of hydrogen-bond acceptors (Lipinski definition) is 3. The molecule has 1 N–H and O–H groups in total. The van der Waals surface area contributed by atoms with Crippen molar-refractivity contribution in [3.63, 3.8) is 0 Å². The standard InChI is InChI=1S/C15H20O4/c1-5-12(15(2,3)4)19-14(18)11-9-7-6-8-10(11)13(16)17/h6-9,12H,5H2,1-4H3,(H,16,17)/t12-/m1/s1. The Hall–Kier alpha value is -1.84. The summed E-state index contributed by atoms with van der Waals surface area (Å²) in [6.45, 7) is 7.89. The first-order valence-electron chi connectivity index (χ1n) is 6.30. The molecule has 1 rings (SSSR count). The van der Waals surface area contributed by atoms with Gasteiger partial charge in [0.15, 0.2) is 0 Å². The smallest absolute Gasteiger partial charge is 0.339 e. The zero-order chi connectivity index (χ0) is 14.6. The minimum absolute atomic E-state index is 0.0312. The highest BCUT2D eigenvalue weighted by Crippen LogP contribution is 2.26. The molecule has 0 radical (unpaired) electrons. The summed E-state index contributed by atoms with van der Waals surface area (Å²) in [4.78, 5) is 23.2. The summed E-state index contributed by atoms with van der Waals surface area (Å²) in [5, 5.41) is 9.06. The minimum Gasteiger partial charge on any atom is -0.478 e. The summed E-state index contributed by atoms with van der Waals surface area (Å²) in [6.07, 6.45) is 0.437. The van der Waals surface area contributed by atoms with Crippen LogP contribution in [-0.4, -0.2) is 23.1 Å². The Kier molecular flexibility index (Phi) is 4.70. The third kappa shape index (κ3) is 3.81. The molecule has 4 nitrogen and oxygen atoms in total. The number of carbonyl (C=O) groups excluding carboxylic acids is 1. The van der Waals surface area contributed by atoms with Gasteiger partial charge in [-0.25, -0.2) is 9.59 Å². The van der Waals surface area contributed by atoms with Crippen LogP contribution in [0.25, 0.3) is 0 Å². The molecule has 0 bridgehead atoms. The van der Waals surface area contributed by atoms with E-state index in [1.165, 1.54) is 12.1 Å². The number of aromatic carboxylic acids is 1. The Morgan fingerprint density at radius 1 is 1.21 bits per heavy atom. The molecule has 0 aliphatic rings. The lowest BCUT2D eigenvalue weighted by atomic mass is 9.87. The molecule has 0 unspecified atom stereocenters. The van der Waals surface area contributed by atoms with Crippen molar-refractivity contribution in [2.75, 3.05) is 0 Å². The van der Waals surface area contributed by atoms with Gasteiger partial charge in [0.25, 0.3) is 0 Å². The molecule has 0 fully saturated rings. The first-order chi connectivity index (χ1) is 8.77. The maximum atomic E-state index is 12.1. The molecule has 0 amide bonds. The van der Waals surface area contributed by atoms with Gasteiger partial charge >= 0.3 is 11.9 Å². The molecule has 0 saturated carbocycles. The molecular formula is C15H20O4. The molecule has 0 aromatic heterocycles. The Bertz CT molecular complexity index is 471. The second-order valence-corrected chi connectivity index (χ2v) is 5.52. The number of esters is 1. The van der Waals surface area contributed by atoms with E-state index in [-0.39, 0.29) is 22.6 Å². The fraction of sp³-hybridized carbons (Fsp3) is 0.467. The molecular weight excluding hydrogens is 244 g/mol. The van der Waals surface area contributed by atoms with Gasteiger partial charge in [-0.05, 0) is 24.0 Å². The third-order valence-corrected chi connectivity index (χ3v) is 2.96. The Morgan fingerprint density at radius 3 is 2.16 bits per heavy atom. The maximum Gasteiger partial charge on any atom is 0.339 e. The number of ether oxygens (including phenoxy) is 1. The van der Waals surface area contributed by atoms with Crippen molar-refractivity contribution in [3.8, 4) is 0 Å². The van der Waals surface area contributed by atoms with Crippen molar-refractivity contribution in [2.24, 2.45) is 5.41 Å². The highest BCUT2D eigenvalue weighted by atomic mass is 16.5. The van der Waals surface area contributed by atoms with Gasteiger partial charge in [-0.1, -0.05) is 39.8 Å². The van der Waals surface area contributed by atoms with Crippen LogP contribution in [0.15, 0.2) is 24.3 Å². The molecule has 0 saturated heterocycles. The van der Waals surface area contributed by atoms with E-state index in [9.17, 15) is 9.59 Å². The number of carboxylic acids is 1. The maximum absolute atomic E-state index is 12.1. The number of benzene rings is 1. The molecule has 0 aliphatic heterocycles. The third-order valence-electron chi connectivity index (χ3n) is 2.96. The van der Waals surface area contributed by atoms with Crippen molar-refractivity contribution < 1.29 is 19.4 Å². The molecule has 0 aliphatic carbocycles. The van der Waals surface area contributed by atoms with Crippen LogP contribution in [0.4, 0.5) is 0 Å². The van der Waals surface area contributed by atoms with E-state index in [2.05, 4.69) is 0 Å². The lowest BCUT2D eigenvalue weighted by molar-refractivity contribution is -0.00427. The number of carboxylic acid groups (broad SMARTS) is 1. The first kappa shape index (κ1) is 15.2. The van der Waals surface area contributed by atoms with Gasteiger partial charge < -0.3 is 9.84 Å². The van der Waals surface area contributed by atoms with E-state index in [1.54, 1.807) is 12.1 Å². The van der Waals surface area contributed by atoms with Crippen LogP contribution in [0.2, 0.25) is 0 Å². The summed E-state index contributed by atoms with van der Waals surface area (Å²) in [6, 6.07) is 6.08. The summed E-state index contributed by atoms with van der Waals surface area (Å²) in [7, 11) is 0. The predicted molar refractivity (Wildman–Crippen MR) is 72.4 cm³/mol. The topological polar surface area (TPSA) is 63.6 Å². The molecule has 0 heterocycles. The predicted octanol–water partition coefficient (Wildman–Crippen LogP) is 3.37. The fourth-order valence-corrected chi connectivity index (χ4v) is 1.91. The van der Waals surface area contributed by atoms with Crippen molar-refractivity contribution in [1.29, 1.82) is 0 Å². The van der Waals surface area contributed by atoms with Crippen molar-refractivity contribution in [2.45, 2.75) is 40.2 Å². The van der Waals surface area contributed by atoms with Gasteiger partial charge in [0.1, 0.15) is 6.10 Å². The number of hydrogen-bond donors (Lipinski definition) is 1. The monoisotopic (exact) mass is 264 g/mol. The van der Waals surface area contributed by atoms with E-state index in [0.717, 1.165) is 0 Å². The molecule has 0 spiro atoms. The second-order valence-electron chi connectivity index (χ2n) is 5.52. The average Bonchev–Trinajstić information content (AvgIpc) is 2.34. The lowest BCUT2D eigenvalue weighted by Crippen LogP contribution is -2.31. The molecule has 104 valence electrons. The normalized spacial score (nSPS) is 12.8. The minimum atomic E-state index is -1.13. The summed E-state index contributed by atoms with van der Waals surface area (Å²) in [5.74, 6) is -1.71. The zero-order valence-corrected chi connectivity index (χ0v) is 11.8. The van der Waals surface area contributed by atoms with E-state index < -0.39 is 11.9 Å². The van der Waals surface area contributed by atoms with Crippen molar-refractivity contribution >= 4 is 11.9 Å². The van der Waals surface area contributed by atoms with Gasteiger partial charge in [-0.2, -0.15) is 0 Å². The van der Waals surface area contributed by atoms with Crippen molar-refractivity contribution in [1.82, 2.24) is 0 Å². The van der Waals surface area contributed by atoms with Crippen LogP contribution >= 0.6 is 0 Å². The largest absolute Gasteiger partial charge is 0.478 e. The van der Waals surface area contributed by atoms with Gasteiger partial charge in [0, 0.05) is 0 Å². The van der Waals surface area contributed by atoms with E-state index in [0.29, 0.717) is 6.42 Å². The number of rotatable bonds is 4. The Labute approximate surface area is 113 Å². The van der Waals surface area contributed by atoms with E-state index in [1.807, 2.05) is 27.7 Å². The van der Waals surface area contributed by atoms with Gasteiger partial charge in [0.2, 0.25) is 0 Å². The lowest BCUT2D eigenvalue weighted by Gasteiger charge is -2.29. The Morgan fingerprint density at radius 2 is 1.74 bits per heavy atom. The molecule has 1 atom stereocenters. The van der Waals surface area contributed by atoms with Crippen LogP contribution in [0.3, 0.4) is 0 Å². The van der Waals surface area contributed by atoms with Gasteiger partial charge in [0.05, 0.1) is 11.1 Å². The quantitative estimate of drug-likeness (QED) is 0.847. The molecule has 1 aromatic carbocycles. The Balaban J connectivity index is 2.99. The second kappa shape index (κ2) is 5.87. The number of carbonyl (C=O) groups is 2. The van der Waals surface area contributed by atoms with Gasteiger partial charge in [-0.15, -0.1) is 0 Å².